The minimum absolute atomic E-state index is 0.0323. The predicted molar refractivity (Wildman–Crippen MR) is 122 cm³/mol. The summed E-state index contributed by atoms with van der Waals surface area (Å²) in [6.45, 7) is 2.60. The van der Waals surface area contributed by atoms with Gasteiger partial charge in [0.15, 0.2) is 0 Å². The van der Waals surface area contributed by atoms with Crippen molar-refractivity contribution in [1.82, 2.24) is 10.6 Å². The molecule has 0 heterocycles. The molecule has 0 bridgehead atoms. The Kier molecular flexibility index (Phi) is 7.72. The van der Waals surface area contributed by atoms with Crippen molar-refractivity contribution < 1.29 is 37.4 Å². The number of alkyl halides is 3. The van der Waals surface area contributed by atoms with Crippen molar-refractivity contribution in [3.05, 3.63) is 59.7 Å². The van der Waals surface area contributed by atoms with Crippen molar-refractivity contribution in [2.75, 3.05) is 13.2 Å². The van der Waals surface area contributed by atoms with E-state index >= 15 is 0 Å². The average molecular weight is 492 g/mol. The van der Waals surface area contributed by atoms with Crippen molar-refractivity contribution in [2.45, 2.75) is 44.8 Å². The minimum atomic E-state index is -4.89. The molecule has 0 saturated carbocycles. The predicted octanol–water partition coefficient (Wildman–Crippen LogP) is 4.46. The maximum Gasteiger partial charge on any atom is 0.409 e. The van der Waals surface area contributed by atoms with Crippen LogP contribution in [0.25, 0.3) is 11.1 Å². The number of alkyl carbamates (subject to hydrolysis) is 1. The Bertz CT molecular complexity index is 1060. The second-order valence-electron chi connectivity index (χ2n) is 9.06. The van der Waals surface area contributed by atoms with Gasteiger partial charge in [-0.3, -0.25) is 9.59 Å². The quantitative estimate of drug-likeness (QED) is 0.479. The Morgan fingerprint density at radius 3 is 2.06 bits per heavy atom. The Morgan fingerprint density at radius 1 is 1.00 bits per heavy atom. The van der Waals surface area contributed by atoms with Gasteiger partial charge in [0.25, 0.3) is 0 Å². The molecular weight excluding hydrogens is 465 g/mol. The number of benzene rings is 2. The summed E-state index contributed by atoms with van der Waals surface area (Å²) in [7, 11) is 0. The standard InChI is InChI=1S/C25H27F3N2O5/c1-24(2,22(32)33)11-12-29-21(31)13-20(25(26,27)28)30-23(34)35-14-19-17-9-5-3-7-15(17)16-8-4-6-10-18(16)19/h3-10,19-20H,11-14H2,1-2H3,(H,29,31)(H,30,34)(H,32,33). The van der Waals surface area contributed by atoms with Gasteiger partial charge in [-0.05, 0) is 42.5 Å². The molecular formula is C25H27F3N2O5. The molecule has 7 nitrogen and oxygen atoms in total. The van der Waals surface area contributed by atoms with Gasteiger partial charge in [-0.1, -0.05) is 48.5 Å². The van der Waals surface area contributed by atoms with Gasteiger partial charge in [0, 0.05) is 12.5 Å². The summed E-state index contributed by atoms with van der Waals surface area (Å²) < 4.78 is 45.5. The van der Waals surface area contributed by atoms with E-state index in [0.29, 0.717) is 0 Å². The van der Waals surface area contributed by atoms with Crippen LogP contribution in [-0.4, -0.2) is 48.4 Å². The van der Waals surface area contributed by atoms with Crippen LogP contribution in [0.15, 0.2) is 48.5 Å². The van der Waals surface area contributed by atoms with Gasteiger partial charge in [0.1, 0.15) is 12.6 Å². The lowest BCUT2D eigenvalue weighted by Crippen LogP contribution is -2.48. The molecule has 10 heteroatoms. The Hall–Kier alpha value is -3.56. The van der Waals surface area contributed by atoms with E-state index in [9.17, 15) is 27.6 Å². The average Bonchev–Trinajstić information content (AvgIpc) is 3.10. The summed E-state index contributed by atoms with van der Waals surface area (Å²) in [5, 5.41) is 13.1. The van der Waals surface area contributed by atoms with Gasteiger partial charge < -0.3 is 20.5 Å². The van der Waals surface area contributed by atoms with Crippen molar-refractivity contribution in [3.63, 3.8) is 0 Å². The molecule has 1 aliphatic rings. The third kappa shape index (κ3) is 6.32. The van der Waals surface area contributed by atoms with E-state index in [0.717, 1.165) is 22.3 Å². The fraction of sp³-hybridized carbons (Fsp3) is 0.400. The zero-order chi connectivity index (χ0) is 25.8. The molecule has 1 unspecified atom stereocenters. The summed E-state index contributed by atoms with van der Waals surface area (Å²) in [5.74, 6) is -2.37. The van der Waals surface area contributed by atoms with Crippen LogP contribution < -0.4 is 10.6 Å². The highest BCUT2D eigenvalue weighted by Gasteiger charge is 2.42. The van der Waals surface area contributed by atoms with Crippen molar-refractivity contribution in [3.8, 4) is 11.1 Å². The number of carbonyl (C=O) groups excluding carboxylic acids is 2. The molecule has 3 N–H and O–H groups in total. The second kappa shape index (κ2) is 10.4. The zero-order valence-electron chi connectivity index (χ0n) is 19.3. The number of carboxylic acids is 1. The van der Waals surface area contributed by atoms with E-state index in [1.807, 2.05) is 48.5 Å². The Labute approximate surface area is 200 Å². The monoisotopic (exact) mass is 492 g/mol. The molecule has 0 radical (unpaired) electrons. The second-order valence-corrected chi connectivity index (χ2v) is 9.06. The van der Waals surface area contributed by atoms with E-state index in [-0.39, 0.29) is 25.5 Å². The van der Waals surface area contributed by atoms with Crippen molar-refractivity contribution in [2.24, 2.45) is 5.41 Å². The Morgan fingerprint density at radius 2 is 1.54 bits per heavy atom. The number of aliphatic carboxylic acids is 1. The fourth-order valence-electron chi connectivity index (χ4n) is 3.91. The van der Waals surface area contributed by atoms with Crippen LogP contribution in [0.3, 0.4) is 0 Å². The summed E-state index contributed by atoms with van der Waals surface area (Å²) in [4.78, 5) is 35.4. The van der Waals surface area contributed by atoms with Crippen LogP contribution in [0.2, 0.25) is 0 Å². The van der Waals surface area contributed by atoms with E-state index in [1.165, 1.54) is 13.8 Å². The Balaban J connectivity index is 1.58. The third-order valence-electron chi connectivity index (χ3n) is 6.07. The highest BCUT2D eigenvalue weighted by atomic mass is 19.4. The molecule has 2 amide bonds. The zero-order valence-corrected chi connectivity index (χ0v) is 19.3. The van der Waals surface area contributed by atoms with Crippen LogP contribution in [0.4, 0.5) is 18.0 Å². The molecule has 0 spiro atoms. The largest absolute Gasteiger partial charge is 0.481 e. The summed E-state index contributed by atoms with van der Waals surface area (Å²) in [6.07, 6.45) is -7.19. The molecule has 35 heavy (non-hydrogen) atoms. The van der Waals surface area contributed by atoms with Gasteiger partial charge in [-0.25, -0.2) is 4.79 Å². The molecule has 1 atom stereocenters. The first kappa shape index (κ1) is 26.1. The van der Waals surface area contributed by atoms with Gasteiger partial charge >= 0.3 is 18.2 Å². The number of halogens is 3. The third-order valence-corrected chi connectivity index (χ3v) is 6.07. The number of amides is 2. The first-order valence-corrected chi connectivity index (χ1v) is 11.1. The number of rotatable bonds is 9. The molecule has 2 aromatic rings. The molecule has 0 aromatic heterocycles. The molecule has 0 aliphatic heterocycles. The summed E-state index contributed by atoms with van der Waals surface area (Å²) in [5.41, 5.74) is 2.65. The van der Waals surface area contributed by atoms with Gasteiger partial charge in [0.2, 0.25) is 5.91 Å². The van der Waals surface area contributed by atoms with Crippen LogP contribution in [0, 0.1) is 5.41 Å². The highest BCUT2D eigenvalue weighted by molar-refractivity contribution is 5.80. The summed E-state index contributed by atoms with van der Waals surface area (Å²) >= 11 is 0. The maximum absolute atomic E-state index is 13.5. The van der Waals surface area contributed by atoms with E-state index < -0.39 is 42.0 Å². The van der Waals surface area contributed by atoms with Crippen molar-refractivity contribution >= 4 is 18.0 Å². The molecule has 188 valence electrons. The molecule has 2 aromatic carbocycles. The van der Waals surface area contributed by atoms with Crippen LogP contribution in [-0.2, 0) is 14.3 Å². The maximum atomic E-state index is 13.5. The SMILES string of the molecule is CC(C)(CCNC(=O)CC(NC(=O)OCC1c2ccccc2-c2ccccc21)C(F)(F)F)C(=O)O. The van der Waals surface area contributed by atoms with E-state index in [2.05, 4.69) is 5.32 Å². The number of fused-ring (bicyclic) bond motifs is 3. The van der Waals surface area contributed by atoms with Crippen LogP contribution in [0.5, 0.6) is 0 Å². The number of carboxylic acid groups (broad SMARTS) is 1. The first-order chi connectivity index (χ1) is 16.4. The number of nitrogens with one attached hydrogen (secondary N) is 2. The lowest BCUT2D eigenvalue weighted by atomic mass is 9.90. The van der Waals surface area contributed by atoms with Crippen LogP contribution in [0.1, 0.15) is 43.7 Å². The molecule has 3 rings (SSSR count). The fourth-order valence-corrected chi connectivity index (χ4v) is 3.91. The summed E-state index contributed by atoms with van der Waals surface area (Å²) in [6, 6.07) is 12.6. The van der Waals surface area contributed by atoms with Gasteiger partial charge in [0.05, 0.1) is 11.8 Å². The number of ether oxygens (including phenoxy) is 1. The number of carbonyl (C=O) groups is 3. The van der Waals surface area contributed by atoms with Gasteiger partial charge in [-0.2, -0.15) is 13.2 Å². The number of hydrogen-bond acceptors (Lipinski definition) is 4. The molecule has 1 aliphatic carbocycles. The van der Waals surface area contributed by atoms with Crippen molar-refractivity contribution in [1.29, 1.82) is 0 Å². The minimum Gasteiger partial charge on any atom is -0.481 e. The number of hydrogen-bond donors (Lipinski definition) is 3. The van der Waals surface area contributed by atoms with Gasteiger partial charge in [-0.15, -0.1) is 0 Å². The van der Waals surface area contributed by atoms with E-state index in [1.54, 1.807) is 5.32 Å². The highest BCUT2D eigenvalue weighted by Crippen LogP contribution is 2.44. The normalized spacial score (nSPS) is 14.0. The first-order valence-electron chi connectivity index (χ1n) is 11.1. The lowest BCUT2D eigenvalue weighted by molar-refractivity contribution is -0.160. The lowest BCUT2D eigenvalue weighted by Gasteiger charge is -2.23. The molecule has 0 fully saturated rings. The smallest absolute Gasteiger partial charge is 0.409 e. The molecule has 0 saturated heterocycles. The van der Waals surface area contributed by atoms with Crippen LogP contribution >= 0.6 is 0 Å². The van der Waals surface area contributed by atoms with E-state index in [4.69, 9.17) is 9.84 Å². The topological polar surface area (TPSA) is 105 Å².